The third-order valence-corrected chi connectivity index (χ3v) is 2.99. The van der Waals surface area contributed by atoms with E-state index in [0.29, 0.717) is 6.04 Å². The summed E-state index contributed by atoms with van der Waals surface area (Å²) in [5.74, 6) is 0. The van der Waals surface area contributed by atoms with Crippen molar-refractivity contribution in [1.82, 2.24) is 0 Å². The number of halogens is 1. The molecule has 64 valence electrons. The van der Waals surface area contributed by atoms with Crippen molar-refractivity contribution in [3.63, 3.8) is 0 Å². The molecule has 2 rings (SSSR count). The molecular formula is C10H12ClN. The van der Waals surface area contributed by atoms with Gasteiger partial charge in [0.25, 0.3) is 0 Å². The van der Waals surface area contributed by atoms with Gasteiger partial charge in [0.2, 0.25) is 0 Å². The Labute approximate surface area is 77.5 Å². The Kier molecular flexibility index (Phi) is 1.85. The molecule has 12 heavy (non-hydrogen) atoms. The van der Waals surface area contributed by atoms with Crippen molar-refractivity contribution in [3.05, 3.63) is 33.8 Å². The third kappa shape index (κ3) is 1.13. The number of nitrogens with two attached hydrogens (primary N) is 1. The Balaban J connectivity index is 2.54. The minimum absolute atomic E-state index is 0.303. The van der Waals surface area contributed by atoms with Crippen molar-refractivity contribution in [2.24, 2.45) is 5.73 Å². The first kappa shape index (κ1) is 8.09. The second-order valence-corrected chi connectivity index (χ2v) is 3.89. The smallest absolute Gasteiger partial charge is 0.0438 e. The van der Waals surface area contributed by atoms with Crippen molar-refractivity contribution >= 4 is 11.6 Å². The van der Waals surface area contributed by atoms with E-state index in [1.54, 1.807) is 0 Å². The van der Waals surface area contributed by atoms with E-state index in [9.17, 15) is 0 Å². The monoisotopic (exact) mass is 181 g/mol. The van der Waals surface area contributed by atoms with Crippen LogP contribution in [0, 0.1) is 6.92 Å². The van der Waals surface area contributed by atoms with E-state index >= 15 is 0 Å². The summed E-state index contributed by atoms with van der Waals surface area (Å²) in [6.45, 7) is 2.07. The first-order valence-electron chi connectivity index (χ1n) is 4.21. The van der Waals surface area contributed by atoms with E-state index in [1.807, 2.05) is 6.07 Å². The molecule has 1 aliphatic rings. The fourth-order valence-electron chi connectivity index (χ4n) is 1.88. The van der Waals surface area contributed by atoms with Crippen LogP contribution in [0.5, 0.6) is 0 Å². The van der Waals surface area contributed by atoms with Gasteiger partial charge < -0.3 is 5.73 Å². The highest BCUT2D eigenvalue weighted by molar-refractivity contribution is 6.31. The van der Waals surface area contributed by atoms with Gasteiger partial charge in [0, 0.05) is 11.1 Å². The highest BCUT2D eigenvalue weighted by Gasteiger charge is 2.20. The quantitative estimate of drug-likeness (QED) is 0.652. The molecule has 0 fully saturated rings. The predicted octanol–water partition coefficient (Wildman–Crippen LogP) is 2.07. The summed E-state index contributed by atoms with van der Waals surface area (Å²) in [5.41, 5.74) is 9.82. The Morgan fingerprint density at radius 3 is 2.92 bits per heavy atom. The molecule has 1 aromatic rings. The maximum Gasteiger partial charge on any atom is 0.0438 e. The highest BCUT2D eigenvalue weighted by Crippen LogP contribution is 2.28. The molecular weight excluding hydrogens is 170 g/mol. The van der Waals surface area contributed by atoms with Crippen LogP contribution in [0.15, 0.2) is 12.1 Å². The molecule has 0 amide bonds. The molecule has 2 N–H and O–H groups in total. The lowest BCUT2D eigenvalue weighted by Crippen LogP contribution is -2.19. The van der Waals surface area contributed by atoms with Gasteiger partial charge in [-0.1, -0.05) is 17.7 Å². The van der Waals surface area contributed by atoms with Gasteiger partial charge in [-0.15, -0.1) is 0 Å². The van der Waals surface area contributed by atoms with Crippen LogP contribution in [-0.2, 0) is 12.8 Å². The maximum atomic E-state index is 6.00. The zero-order chi connectivity index (χ0) is 8.72. The highest BCUT2D eigenvalue weighted by atomic mass is 35.5. The summed E-state index contributed by atoms with van der Waals surface area (Å²) in [6, 6.07) is 4.36. The molecule has 0 radical (unpaired) electrons. The largest absolute Gasteiger partial charge is 0.327 e. The van der Waals surface area contributed by atoms with Gasteiger partial charge in [0.15, 0.2) is 0 Å². The average Bonchev–Trinajstić information content (AvgIpc) is 2.39. The molecule has 0 aromatic heterocycles. The summed E-state index contributed by atoms with van der Waals surface area (Å²) in [4.78, 5) is 0. The topological polar surface area (TPSA) is 26.0 Å². The average molecular weight is 182 g/mol. The van der Waals surface area contributed by atoms with E-state index in [1.165, 1.54) is 16.7 Å². The lowest BCUT2D eigenvalue weighted by atomic mass is 10.1. The number of benzene rings is 1. The molecule has 2 heteroatoms. The van der Waals surface area contributed by atoms with Crippen LogP contribution in [0.1, 0.15) is 16.7 Å². The predicted molar refractivity (Wildman–Crippen MR) is 51.6 cm³/mol. The van der Waals surface area contributed by atoms with Crippen LogP contribution in [0.25, 0.3) is 0 Å². The van der Waals surface area contributed by atoms with Gasteiger partial charge in [0.1, 0.15) is 0 Å². The fourth-order valence-corrected chi connectivity index (χ4v) is 2.05. The molecule has 1 unspecified atom stereocenters. The van der Waals surface area contributed by atoms with Crippen molar-refractivity contribution in [3.8, 4) is 0 Å². The molecule has 0 saturated carbocycles. The van der Waals surface area contributed by atoms with Crippen LogP contribution >= 0.6 is 11.6 Å². The Hall–Kier alpha value is -0.530. The van der Waals surface area contributed by atoms with E-state index < -0.39 is 0 Å². The van der Waals surface area contributed by atoms with Crippen molar-refractivity contribution < 1.29 is 0 Å². The number of hydrogen-bond donors (Lipinski definition) is 1. The lowest BCUT2D eigenvalue weighted by Gasteiger charge is -2.04. The molecule has 0 bridgehead atoms. The molecule has 1 nitrogen and oxygen atoms in total. The number of hydrogen-bond acceptors (Lipinski definition) is 1. The Morgan fingerprint density at radius 1 is 1.42 bits per heavy atom. The zero-order valence-corrected chi connectivity index (χ0v) is 7.86. The van der Waals surface area contributed by atoms with Gasteiger partial charge in [-0.25, -0.2) is 0 Å². The van der Waals surface area contributed by atoms with Gasteiger partial charge in [-0.3, -0.25) is 0 Å². The molecule has 0 aliphatic heterocycles. The van der Waals surface area contributed by atoms with Crippen molar-refractivity contribution in [1.29, 1.82) is 0 Å². The third-order valence-electron chi connectivity index (χ3n) is 2.58. The van der Waals surface area contributed by atoms with E-state index in [0.717, 1.165) is 17.9 Å². The van der Waals surface area contributed by atoms with Crippen LogP contribution in [-0.4, -0.2) is 6.04 Å². The molecule has 0 saturated heterocycles. The second-order valence-electron chi connectivity index (χ2n) is 3.48. The van der Waals surface area contributed by atoms with Crippen LogP contribution in [0.4, 0.5) is 0 Å². The molecule has 1 aliphatic carbocycles. The maximum absolute atomic E-state index is 6.00. The summed E-state index contributed by atoms with van der Waals surface area (Å²) >= 11 is 6.00. The Morgan fingerprint density at radius 2 is 2.17 bits per heavy atom. The molecule has 1 atom stereocenters. The normalized spacial score (nSPS) is 21.1. The molecule has 1 aromatic carbocycles. The van der Waals surface area contributed by atoms with Crippen LogP contribution < -0.4 is 5.73 Å². The summed E-state index contributed by atoms with van der Waals surface area (Å²) in [7, 11) is 0. The molecule has 0 spiro atoms. The number of rotatable bonds is 0. The fraction of sp³-hybridized carbons (Fsp3) is 0.400. The van der Waals surface area contributed by atoms with Crippen molar-refractivity contribution in [2.75, 3.05) is 0 Å². The lowest BCUT2D eigenvalue weighted by molar-refractivity contribution is 0.720. The van der Waals surface area contributed by atoms with Gasteiger partial charge in [-0.2, -0.15) is 0 Å². The van der Waals surface area contributed by atoms with Crippen LogP contribution in [0.3, 0.4) is 0 Å². The summed E-state index contributed by atoms with van der Waals surface area (Å²) in [6.07, 6.45) is 2.00. The number of fused-ring (bicyclic) bond motifs is 1. The first-order chi connectivity index (χ1) is 5.68. The summed E-state index contributed by atoms with van der Waals surface area (Å²) in [5, 5.41) is 0.864. The van der Waals surface area contributed by atoms with E-state index in [2.05, 4.69) is 13.0 Å². The second kappa shape index (κ2) is 2.75. The van der Waals surface area contributed by atoms with E-state index in [4.69, 9.17) is 17.3 Å². The van der Waals surface area contributed by atoms with Crippen LogP contribution in [0.2, 0.25) is 5.02 Å². The van der Waals surface area contributed by atoms with Gasteiger partial charge in [-0.05, 0) is 42.5 Å². The first-order valence-corrected chi connectivity index (χ1v) is 4.58. The SMILES string of the molecule is Cc1c(Cl)ccc2c1CC(N)C2. The van der Waals surface area contributed by atoms with Crippen molar-refractivity contribution in [2.45, 2.75) is 25.8 Å². The standard InChI is InChI=1S/C10H12ClN/c1-6-9-5-8(12)4-7(9)2-3-10(6)11/h2-3,8H,4-5,12H2,1H3. The molecule has 0 heterocycles. The Bertz CT molecular complexity index is 320. The van der Waals surface area contributed by atoms with E-state index in [-0.39, 0.29) is 0 Å². The minimum atomic E-state index is 0.303. The summed E-state index contributed by atoms with van der Waals surface area (Å²) < 4.78 is 0. The van der Waals surface area contributed by atoms with Gasteiger partial charge in [0.05, 0.1) is 0 Å². The zero-order valence-electron chi connectivity index (χ0n) is 7.10. The minimum Gasteiger partial charge on any atom is -0.327 e. The van der Waals surface area contributed by atoms with Gasteiger partial charge >= 0.3 is 0 Å².